The second-order valence-electron chi connectivity index (χ2n) is 7.25. The summed E-state index contributed by atoms with van der Waals surface area (Å²) in [5, 5.41) is 22.9. The minimum Gasteiger partial charge on any atom is -0.508 e. The lowest BCUT2D eigenvalue weighted by molar-refractivity contribution is 0.106. The molecule has 168 valence electrons. The first-order valence-electron chi connectivity index (χ1n) is 10.3. The van der Waals surface area contributed by atoms with Gasteiger partial charge in [-0.3, -0.25) is 0 Å². The Morgan fingerprint density at radius 3 is 2.38 bits per heavy atom. The Hall–Kier alpha value is -2.96. The number of phenols is 1. The highest BCUT2D eigenvalue weighted by molar-refractivity contribution is 7.47. The Kier molecular flexibility index (Phi) is 9.01. The Morgan fingerprint density at radius 1 is 0.938 bits per heavy atom. The first-order chi connectivity index (χ1) is 15.5. The minimum atomic E-state index is -2.47. The number of hydrogen-bond donors (Lipinski definition) is 4. The first-order valence-corrected chi connectivity index (χ1v) is 11.5. The molecule has 2 atom stereocenters. The number of ether oxygens (including phenoxy) is 2. The lowest BCUT2D eigenvalue weighted by Crippen LogP contribution is -2.32. The first kappa shape index (κ1) is 23.7. The molecule has 3 rings (SSSR count). The van der Waals surface area contributed by atoms with Gasteiger partial charge in [0.05, 0.1) is 0 Å². The summed E-state index contributed by atoms with van der Waals surface area (Å²) < 4.78 is 22.9. The zero-order valence-electron chi connectivity index (χ0n) is 17.6. The van der Waals surface area contributed by atoms with Gasteiger partial charge in [0.15, 0.2) is 0 Å². The average molecular weight is 456 g/mol. The molecule has 0 saturated heterocycles. The molecule has 0 amide bonds. The van der Waals surface area contributed by atoms with Gasteiger partial charge < -0.3 is 25.0 Å². The number of rotatable bonds is 12. The van der Waals surface area contributed by atoms with Gasteiger partial charge in [0.1, 0.15) is 36.6 Å². The van der Waals surface area contributed by atoms with E-state index in [4.69, 9.17) is 9.47 Å². The molecule has 0 saturated carbocycles. The second-order valence-corrected chi connectivity index (χ2v) is 8.28. The summed E-state index contributed by atoms with van der Waals surface area (Å²) in [5.41, 5.74) is 1.68. The zero-order valence-corrected chi connectivity index (χ0v) is 18.4. The van der Waals surface area contributed by atoms with Crippen LogP contribution >= 0.6 is 8.03 Å². The summed E-state index contributed by atoms with van der Waals surface area (Å²) in [6, 6.07) is 21.0. The summed E-state index contributed by atoms with van der Waals surface area (Å²) in [5.74, 6) is 1.44. The summed E-state index contributed by atoms with van der Waals surface area (Å²) in [4.78, 5) is 9.60. The summed E-state index contributed by atoms with van der Waals surface area (Å²) in [6.07, 6.45) is 0.00578. The van der Waals surface area contributed by atoms with Crippen molar-refractivity contribution in [1.29, 1.82) is 0 Å². The van der Waals surface area contributed by atoms with Crippen LogP contribution in [-0.2, 0) is 17.6 Å². The molecule has 0 aliphatic carbocycles. The van der Waals surface area contributed by atoms with Crippen molar-refractivity contribution >= 4 is 13.3 Å². The van der Waals surface area contributed by atoms with Crippen molar-refractivity contribution < 1.29 is 29.1 Å². The fraction of sp³-hybridized carbons (Fsp3) is 0.250. The van der Waals surface area contributed by atoms with E-state index in [1.165, 1.54) is 12.1 Å². The van der Waals surface area contributed by atoms with Crippen LogP contribution in [0.15, 0.2) is 72.8 Å². The van der Waals surface area contributed by atoms with Crippen LogP contribution in [0, 0.1) is 0 Å². The van der Waals surface area contributed by atoms with E-state index in [0.717, 1.165) is 5.56 Å². The number of phenolic OH excluding ortho intramolecular Hbond substituents is 1. The average Bonchev–Trinajstić information content (AvgIpc) is 2.80. The lowest BCUT2D eigenvalue weighted by atomic mass is 10.1. The molecule has 0 aliphatic heterocycles. The van der Waals surface area contributed by atoms with Crippen LogP contribution in [0.4, 0.5) is 0 Å². The molecule has 0 bridgehead atoms. The number of aromatic hydroxyl groups is 1. The lowest BCUT2D eigenvalue weighted by Gasteiger charge is -2.13. The summed E-state index contributed by atoms with van der Waals surface area (Å²) in [6.45, 7) is 1.33. The van der Waals surface area contributed by atoms with Gasteiger partial charge in [-0.2, -0.15) is 4.89 Å². The fourth-order valence-corrected chi connectivity index (χ4v) is 3.65. The van der Waals surface area contributed by atoms with E-state index in [-0.39, 0.29) is 19.0 Å². The summed E-state index contributed by atoms with van der Waals surface area (Å²) in [7, 11) is -2.47. The third-order valence-electron chi connectivity index (χ3n) is 4.74. The highest BCUT2D eigenvalue weighted by Gasteiger charge is 2.22. The van der Waals surface area contributed by atoms with Crippen LogP contribution in [0.1, 0.15) is 11.1 Å². The van der Waals surface area contributed by atoms with Gasteiger partial charge in [-0.25, -0.2) is 0 Å². The van der Waals surface area contributed by atoms with Crippen LogP contribution in [0.2, 0.25) is 0 Å². The smallest absolute Gasteiger partial charge is 0.508 e. The number of para-hydroxylation sites is 1. The quantitative estimate of drug-likeness (QED) is 0.245. The number of aliphatic hydroxyl groups excluding tert-OH is 1. The van der Waals surface area contributed by atoms with Crippen LogP contribution in [0.5, 0.6) is 17.2 Å². The third-order valence-corrected chi connectivity index (χ3v) is 5.59. The molecule has 0 aromatic heterocycles. The Bertz CT molecular complexity index is 997. The largest absolute Gasteiger partial charge is 0.546 e. The zero-order chi connectivity index (χ0) is 22.8. The van der Waals surface area contributed by atoms with Crippen LogP contribution < -0.4 is 20.1 Å². The van der Waals surface area contributed by atoms with Gasteiger partial charge in [-0.05, 0) is 71.6 Å². The van der Waals surface area contributed by atoms with Crippen LogP contribution in [0.3, 0.4) is 0 Å². The van der Waals surface area contributed by atoms with Gasteiger partial charge in [-0.15, -0.1) is 0 Å². The molecule has 0 fully saturated rings. The molecule has 32 heavy (non-hydrogen) atoms. The van der Waals surface area contributed by atoms with Crippen LogP contribution in [0.25, 0.3) is 0 Å². The van der Waals surface area contributed by atoms with E-state index in [1.54, 1.807) is 18.2 Å². The minimum absolute atomic E-state index is 0.136. The molecule has 4 N–H and O–H groups in total. The molecule has 0 heterocycles. The van der Waals surface area contributed by atoms with Crippen molar-refractivity contribution in [2.45, 2.75) is 19.1 Å². The van der Waals surface area contributed by atoms with E-state index < -0.39 is 14.1 Å². The molecule has 0 spiro atoms. The van der Waals surface area contributed by atoms with Crippen LogP contribution in [-0.4, -0.2) is 40.9 Å². The van der Waals surface area contributed by atoms with Crippen molar-refractivity contribution in [3.8, 4) is 17.2 Å². The number of aliphatic hydroxyl groups is 1. The van der Waals surface area contributed by atoms with Gasteiger partial charge in [0, 0.05) is 12.1 Å². The molecule has 0 radical (unpaired) electrons. The maximum absolute atomic E-state index is 11.7. The molecule has 3 aromatic rings. The van der Waals surface area contributed by atoms with E-state index in [0.29, 0.717) is 41.9 Å². The predicted molar refractivity (Wildman–Crippen MR) is 123 cm³/mol. The molecule has 7 nitrogen and oxygen atoms in total. The van der Waals surface area contributed by atoms with Gasteiger partial charge in [-0.1, -0.05) is 24.3 Å². The summed E-state index contributed by atoms with van der Waals surface area (Å²) >= 11 is 0. The number of hydrogen-bond acceptors (Lipinski definition) is 6. The second kappa shape index (κ2) is 12.2. The SMILES string of the molecule is O=[P+](O)c1ccc(CCNCC(O)COc2ccc(O)cc2)cc1COc1ccccc1. The standard InChI is InChI=1S/C24H26NO6P/c26-20-7-9-23(10-8-20)31-17-21(27)15-25-13-12-18-6-11-24(32(28)29)19(14-18)16-30-22-4-2-1-3-5-22/h1-11,14,21,25,27H,12-13,15-17H2,(H-,26,28,29)/p+1. The number of benzene rings is 3. The monoisotopic (exact) mass is 456 g/mol. The Balaban J connectivity index is 1.45. The topological polar surface area (TPSA) is 108 Å². The van der Waals surface area contributed by atoms with E-state index >= 15 is 0 Å². The van der Waals surface area contributed by atoms with Crippen molar-refractivity contribution in [3.05, 3.63) is 83.9 Å². The van der Waals surface area contributed by atoms with Gasteiger partial charge in [0.2, 0.25) is 5.30 Å². The van der Waals surface area contributed by atoms with E-state index in [2.05, 4.69) is 5.32 Å². The molecule has 8 heteroatoms. The highest BCUT2D eigenvalue weighted by Crippen LogP contribution is 2.20. The van der Waals surface area contributed by atoms with Crippen molar-refractivity contribution in [1.82, 2.24) is 5.32 Å². The molecular weight excluding hydrogens is 429 g/mol. The van der Waals surface area contributed by atoms with E-state index in [1.807, 2.05) is 42.5 Å². The maximum atomic E-state index is 11.7. The Labute approximate surface area is 188 Å². The fourth-order valence-electron chi connectivity index (χ4n) is 3.07. The van der Waals surface area contributed by atoms with Crippen molar-refractivity contribution in [2.75, 3.05) is 19.7 Å². The third kappa shape index (κ3) is 7.62. The van der Waals surface area contributed by atoms with Gasteiger partial charge in [0.25, 0.3) is 0 Å². The van der Waals surface area contributed by atoms with Gasteiger partial charge >= 0.3 is 8.03 Å². The molecule has 0 aliphatic rings. The van der Waals surface area contributed by atoms with Crippen molar-refractivity contribution in [3.63, 3.8) is 0 Å². The number of nitrogens with one attached hydrogen (secondary N) is 1. The predicted octanol–water partition coefficient (Wildman–Crippen LogP) is 2.90. The normalized spacial score (nSPS) is 12.2. The molecule has 2 unspecified atom stereocenters. The van der Waals surface area contributed by atoms with E-state index in [9.17, 15) is 19.7 Å². The molecule has 3 aromatic carbocycles. The molecular formula is C24H27NO6P+. The Morgan fingerprint density at radius 2 is 1.66 bits per heavy atom. The maximum Gasteiger partial charge on any atom is 0.546 e. The highest BCUT2D eigenvalue weighted by atomic mass is 31.1. The van der Waals surface area contributed by atoms with Crippen molar-refractivity contribution in [2.24, 2.45) is 0 Å².